The number of carboxylic acid groups (broad SMARTS) is 1. The largest absolute Gasteiger partial charge is 0.508 e. The normalized spacial score (nSPS) is 13.8. The summed E-state index contributed by atoms with van der Waals surface area (Å²) in [6.45, 7) is 6.02. The number of carbonyl (C=O) groups excluding carboxylic acids is 10. The minimum absolute atomic E-state index is 0.0302. The molecular formula is C62H97N13O13. The Balaban J connectivity index is 1.68. The summed E-state index contributed by atoms with van der Waals surface area (Å²) in [5.74, 6) is -9.99. The number of phenolic OH excluding ortho intramolecular Hbond substituents is 1. The predicted molar refractivity (Wildman–Crippen MR) is 332 cm³/mol. The molecule has 3 rings (SSSR count). The Morgan fingerprint density at radius 3 is 1.66 bits per heavy atom. The van der Waals surface area contributed by atoms with Crippen molar-refractivity contribution in [3.05, 3.63) is 65.9 Å². The van der Waals surface area contributed by atoms with Crippen molar-refractivity contribution in [1.29, 1.82) is 0 Å². The summed E-state index contributed by atoms with van der Waals surface area (Å²) in [5, 5.41) is 43.1. The number of hydrogen-bond acceptors (Lipinski definition) is 14. The standard InChI is InChI=1S/C62H97N13O13/c1-5-7-8-9-10-11-12-13-14-15-16-26-52(78)70-49(34-42-36-66-45-23-18-17-22-44(42)45)56(81)68-37-53(79)67-38-54(80)75-55(39(3)6-2)61(86)72-47(25-21-32-64)57(82)71-46(24-19-20-31-63)58(83)74-50(35-51(65)77)60(85)73-48(59(84)69-40(4)62(87)88)33-41-27-29-43(76)30-28-41/h17-18,22-23,27-30,36,39-40,46-50,55,66,76H,5-16,19-21,24-26,31-35,37-38,63-64H2,1-4H3,(H2,65,77)(H,67,79)(H,68,81)(H,69,84)(H,70,78)(H,71,82)(H,72,86)(H,73,85)(H,74,83)(H,75,80)(H,87,88)/t39-,40-,46-,47-,48-,49-,50-,55-/m0/s1. The Bertz CT molecular complexity index is 2720. The average molecular weight is 1230 g/mol. The van der Waals surface area contributed by atoms with Crippen molar-refractivity contribution in [2.24, 2.45) is 23.1 Å². The van der Waals surface area contributed by atoms with E-state index in [0.717, 1.165) is 35.7 Å². The fourth-order valence-electron chi connectivity index (χ4n) is 9.70. The van der Waals surface area contributed by atoms with Crippen LogP contribution >= 0.6 is 0 Å². The van der Waals surface area contributed by atoms with E-state index in [4.69, 9.17) is 17.2 Å². The molecule has 26 heteroatoms. The van der Waals surface area contributed by atoms with Crippen molar-refractivity contribution in [2.45, 2.75) is 205 Å². The topological polar surface area (TPSA) is 430 Å². The van der Waals surface area contributed by atoms with Crippen LogP contribution in [0.5, 0.6) is 5.75 Å². The van der Waals surface area contributed by atoms with Gasteiger partial charge in [-0.25, -0.2) is 0 Å². The highest BCUT2D eigenvalue weighted by atomic mass is 16.4. The quantitative estimate of drug-likeness (QED) is 0.0359. The number of aromatic hydroxyl groups is 1. The van der Waals surface area contributed by atoms with Crippen LogP contribution in [0.25, 0.3) is 10.9 Å². The molecule has 1 aromatic heterocycles. The van der Waals surface area contributed by atoms with Crippen LogP contribution in [0, 0.1) is 5.92 Å². The first-order valence-electron chi connectivity index (χ1n) is 31.0. The first-order chi connectivity index (χ1) is 42.1. The molecule has 18 N–H and O–H groups in total. The Morgan fingerprint density at radius 1 is 0.523 bits per heavy atom. The van der Waals surface area contributed by atoms with Gasteiger partial charge in [0.1, 0.15) is 48.0 Å². The van der Waals surface area contributed by atoms with Crippen LogP contribution in [-0.2, 0) is 65.6 Å². The second-order valence-corrected chi connectivity index (χ2v) is 22.5. The van der Waals surface area contributed by atoms with E-state index >= 15 is 0 Å². The number of nitrogens with one attached hydrogen (secondary N) is 10. The first kappa shape index (κ1) is 74.1. The molecule has 0 spiro atoms. The fraction of sp³-hybridized carbons (Fsp3) is 0.597. The number of phenols is 1. The third kappa shape index (κ3) is 28.1. The Morgan fingerprint density at radius 2 is 1.06 bits per heavy atom. The summed E-state index contributed by atoms with van der Waals surface area (Å²) in [4.78, 5) is 150. The zero-order chi connectivity index (χ0) is 65.0. The zero-order valence-electron chi connectivity index (χ0n) is 51.6. The van der Waals surface area contributed by atoms with Crippen molar-refractivity contribution in [2.75, 3.05) is 26.2 Å². The van der Waals surface area contributed by atoms with E-state index in [2.05, 4.69) is 59.8 Å². The Kier molecular flexibility index (Phi) is 34.6. The van der Waals surface area contributed by atoms with E-state index < -0.39 is 127 Å². The second-order valence-electron chi connectivity index (χ2n) is 22.5. The number of benzene rings is 2. The molecule has 26 nitrogen and oxygen atoms in total. The van der Waals surface area contributed by atoms with Gasteiger partial charge in [0.25, 0.3) is 0 Å². The summed E-state index contributed by atoms with van der Waals surface area (Å²) < 4.78 is 0. The van der Waals surface area contributed by atoms with Crippen LogP contribution in [0.1, 0.15) is 161 Å². The van der Waals surface area contributed by atoms with E-state index in [1.165, 1.54) is 76.1 Å². The van der Waals surface area contributed by atoms with Crippen molar-refractivity contribution in [3.8, 4) is 5.75 Å². The molecule has 0 bridgehead atoms. The van der Waals surface area contributed by atoms with E-state index in [1.54, 1.807) is 20.0 Å². The maximum absolute atomic E-state index is 14.2. The number of para-hydroxylation sites is 1. The summed E-state index contributed by atoms with van der Waals surface area (Å²) in [6.07, 6.45) is 14.7. The molecule has 0 saturated heterocycles. The fourth-order valence-corrected chi connectivity index (χ4v) is 9.70. The molecule has 488 valence electrons. The van der Waals surface area contributed by atoms with Crippen LogP contribution in [0.4, 0.5) is 0 Å². The highest BCUT2D eigenvalue weighted by molar-refractivity contribution is 5.99. The lowest BCUT2D eigenvalue weighted by molar-refractivity contribution is -0.142. The molecular weight excluding hydrogens is 1130 g/mol. The molecule has 0 radical (unpaired) electrons. The minimum atomic E-state index is -1.72. The number of carboxylic acids is 1. The lowest BCUT2D eigenvalue weighted by atomic mass is 9.97. The Labute approximate surface area is 515 Å². The third-order valence-electron chi connectivity index (χ3n) is 15.1. The average Bonchev–Trinajstić information content (AvgIpc) is 4.15. The van der Waals surface area contributed by atoms with Gasteiger partial charge >= 0.3 is 5.97 Å². The number of primary amides is 1. The van der Waals surface area contributed by atoms with Gasteiger partial charge in [-0.3, -0.25) is 52.7 Å². The number of H-pyrrole nitrogens is 1. The van der Waals surface area contributed by atoms with Crippen LogP contribution < -0.4 is 65.1 Å². The van der Waals surface area contributed by atoms with Gasteiger partial charge in [0.05, 0.1) is 19.5 Å². The van der Waals surface area contributed by atoms with Crippen LogP contribution in [0.3, 0.4) is 0 Å². The molecule has 88 heavy (non-hydrogen) atoms. The monoisotopic (exact) mass is 1230 g/mol. The van der Waals surface area contributed by atoms with Crippen LogP contribution in [0.15, 0.2) is 54.7 Å². The SMILES string of the molecule is CCCCCCCCCCCCCC(=O)N[C@@H](Cc1c[nH]c2ccccc12)C(=O)NCC(=O)NCC(=O)N[C@H](C(=O)N[C@@H](CCCN)C(=O)N[C@@H](CCCCN)C(=O)N[C@@H](CC(N)=O)C(=O)N[C@@H](Cc1ccc(O)cc1)C(=O)N[C@@H](C)C(=O)O)[C@@H](C)CC. The molecule has 0 unspecified atom stereocenters. The molecule has 0 aliphatic heterocycles. The van der Waals surface area contributed by atoms with Gasteiger partial charge in [0.15, 0.2) is 0 Å². The van der Waals surface area contributed by atoms with Gasteiger partial charge in [-0.05, 0) is 93.8 Å². The van der Waals surface area contributed by atoms with E-state index in [9.17, 15) is 63.0 Å². The van der Waals surface area contributed by atoms with Crippen molar-refractivity contribution in [3.63, 3.8) is 0 Å². The van der Waals surface area contributed by atoms with Crippen molar-refractivity contribution < 1.29 is 63.0 Å². The predicted octanol–water partition coefficient (Wildman–Crippen LogP) is 1.88. The molecule has 3 aromatic rings. The van der Waals surface area contributed by atoms with Gasteiger partial charge in [0.2, 0.25) is 59.1 Å². The number of aromatic nitrogens is 1. The highest BCUT2D eigenvalue weighted by Crippen LogP contribution is 2.20. The zero-order valence-corrected chi connectivity index (χ0v) is 51.6. The van der Waals surface area contributed by atoms with Crippen LogP contribution in [0.2, 0.25) is 0 Å². The van der Waals surface area contributed by atoms with Gasteiger partial charge in [-0.2, -0.15) is 0 Å². The molecule has 0 aliphatic rings. The molecule has 0 aliphatic carbocycles. The number of rotatable bonds is 45. The number of unbranched alkanes of at least 4 members (excludes halogenated alkanes) is 11. The van der Waals surface area contributed by atoms with Gasteiger partial charge in [0, 0.05) is 36.4 Å². The summed E-state index contributed by atoms with van der Waals surface area (Å²) >= 11 is 0. The lowest BCUT2D eigenvalue weighted by Crippen LogP contribution is -2.60. The number of amides is 10. The molecule has 1 heterocycles. The summed E-state index contributed by atoms with van der Waals surface area (Å²) in [6, 6.07) is 3.57. The number of aromatic amines is 1. The third-order valence-corrected chi connectivity index (χ3v) is 15.1. The summed E-state index contributed by atoms with van der Waals surface area (Å²) in [5.41, 5.74) is 19.1. The first-order valence-corrected chi connectivity index (χ1v) is 31.0. The number of fused-ring (bicyclic) bond motifs is 1. The van der Waals surface area contributed by atoms with E-state index in [0.29, 0.717) is 24.8 Å². The second kappa shape index (κ2) is 41.1. The summed E-state index contributed by atoms with van der Waals surface area (Å²) in [7, 11) is 0. The van der Waals surface area contributed by atoms with Crippen molar-refractivity contribution >= 4 is 75.9 Å². The van der Waals surface area contributed by atoms with E-state index in [-0.39, 0.29) is 69.7 Å². The molecule has 0 saturated carbocycles. The van der Waals surface area contributed by atoms with Gasteiger partial charge in [-0.15, -0.1) is 0 Å². The number of nitrogens with two attached hydrogens (primary N) is 3. The van der Waals surface area contributed by atoms with Crippen molar-refractivity contribution in [1.82, 2.24) is 52.8 Å². The lowest BCUT2D eigenvalue weighted by Gasteiger charge is -2.28. The van der Waals surface area contributed by atoms with Gasteiger partial charge < -0.3 is 80.2 Å². The number of hydrogen-bond donors (Lipinski definition) is 15. The maximum Gasteiger partial charge on any atom is 0.325 e. The molecule has 8 atom stereocenters. The van der Waals surface area contributed by atoms with Crippen LogP contribution in [-0.4, -0.2) is 149 Å². The molecule has 10 amide bonds. The van der Waals surface area contributed by atoms with Gasteiger partial charge in [-0.1, -0.05) is 122 Å². The smallest absolute Gasteiger partial charge is 0.325 e. The highest BCUT2D eigenvalue weighted by Gasteiger charge is 2.35. The molecule has 2 aromatic carbocycles. The minimum Gasteiger partial charge on any atom is -0.508 e. The van der Waals surface area contributed by atoms with E-state index in [1.807, 2.05) is 24.3 Å². The molecule has 0 fully saturated rings. The number of aliphatic carboxylic acids is 1. The Hall–Kier alpha value is -8.13. The maximum atomic E-state index is 14.2. The number of carbonyl (C=O) groups is 11.